The lowest BCUT2D eigenvalue weighted by Gasteiger charge is -2.31. The van der Waals surface area contributed by atoms with Crippen LogP contribution in [-0.4, -0.2) is 49.2 Å². The van der Waals surface area contributed by atoms with E-state index in [0.717, 1.165) is 18.4 Å². The predicted molar refractivity (Wildman–Crippen MR) is 92.6 cm³/mol. The molecule has 0 spiro atoms. The number of nitrogens with zero attached hydrogens (tertiary/aromatic N) is 1. The molecule has 0 saturated carbocycles. The van der Waals surface area contributed by atoms with Crippen molar-refractivity contribution in [3.8, 4) is 0 Å². The molecule has 1 aromatic carbocycles. The van der Waals surface area contributed by atoms with Gasteiger partial charge in [-0.1, -0.05) is 30.3 Å². The zero-order valence-electron chi connectivity index (χ0n) is 14.5. The minimum Gasteiger partial charge on any atom is -0.450 e. The molecule has 1 aliphatic heterocycles. The summed E-state index contributed by atoms with van der Waals surface area (Å²) in [6, 6.07) is 10.3. The predicted octanol–water partition coefficient (Wildman–Crippen LogP) is 2.07. The molecular weight excluding hydrogens is 306 g/mol. The van der Waals surface area contributed by atoms with Crippen molar-refractivity contribution in [2.24, 2.45) is 0 Å². The van der Waals surface area contributed by atoms with Crippen molar-refractivity contribution >= 4 is 12.0 Å². The second kappa shape index (κ2) is 9.27. The van der Waals surface area contributed by atoms with E-state index in [9.17, 15) is 9.59 Å². The molecule has 6 nitrogen and oxygen atoms in total. The lowest BCUT2D eigenvalue weighted by atomic mass is 10.1. The third-order valence-electron chi connectivity index (χ3n) is 4.25. The summed E-state index contributed by atoms with van der Waals surface area (Å²) in [6.45, 7) is 5.76. The highest BCUT2D eigenvalue weighted by atomic mass is 16.6. The first-order valence-corrected chi connectivity index (χ1v) is 8.59. The van der Waals surface area contributed by atoms with Gasteiger partial charge in [0.15, 0.2) is 0 Å². The fraction of sp³-hybridized carbons (Fsp3) is 0.556. The molecule has 1 fully saturated rings. The van der Waals surface area contributed by atoms with Crippen LogP contribution in [0.25, 0.3) is 0 Å². The summed E-state index contributed by atoms with van der Waals surface area (Å²) in [7, 11) is 0. The smallest absolute Gasteiger partial charge is 0.409 e. The molecule has 1 saturated heterocycles. The average Bonchev–Trinajstić information content (AvgIpc) is 2.61. The van der Waals surface area contributed by atoms with E-state index < -0.39 is 0 Å². The summed E-state index contributed by atoms with van der Waals surface area (Å²) in [5.41, 5.74) is 1.16. The van der Waals surface area contributed by atoms with Gasteiger partial charge in [-0.3, -0.25) is 4.79 Å². The Hall–Kier alpha value is -2.08. The highest BCUT2D eigenvalue weighted by Gasteiger charge is 2.24. The van der Waals surface area contributed by atoms with Crippen molar-refractivity contribution < 1.29 is 14.3 Å². The van der Waals surface area contributed by atoms with Gasteiger partial charge in [-0.2, -0.15) is 0 Å². The SMILES string of the molecule is CCOC(=O)N1CCC(NC(=O)CNC(C)c2ccccc2)CC1. The minimum atomic E-state index is -0.263. The first-order valence-electron chi connectivity index (χ1n) is 8.59. The van der Waals surface area contributed by atoms with Crippen LogP contribution in [0.1, 0.15) is 38.3 Å². The summed E-state index contributed by atoms with van der Waals surface area (Å²) < 4.78 is 4.99. The van der Waals surface area contributed by atoms with Gasteiger partial charge in [0.05, 0.1) is 13.2 Å². The highest BCUT2D eigenvalue weighted by molar-refractivity contribution is 5.78. The molecule has 0 radical (unpaired) electrons. The fourth-order valence-corrected chi connectivity index (χ4v) is 2.81. The van der Waals surface area contributed by atoms with Crippen molar-refractivity contribution in [1.29, 1.82) is 0 Å². The number of rotatable bonds is 6. The van der Waals surface area contributed by atoms with Crippen LogP contribution in [0.3, 0.4) is 0 Å². The molecule has 0 bridgehead atoms. The molecule has 1 unspecified atom stereocenters. The zero-order valence-corrected chi connectivity index (χ0v) is 14.5. The standard InChI is InChI=1S/C18H27N3O3/c1-3-24-18(23)21-11-9-16(10-12-21)20-17(22)13-19-14(2)15-7-5-4-6-8-15/h4-8,14,16,19H,3,9-13H2,1-2H3,(H,20,22). The van der Waals surface area contributed by atoms with E-state index in [1.165, 1.54) is 0 Å². The molecule has 1 heterocycles. The molecule has 1 aromatic rings. The molecule has 2 amide bonds. The van der Waals surface area contributed by atoms with E-state index in [4.69, 9.17) is 4.74 Å². The van der Waals surface area contributed by atoms with Crippen LogP contribution in [0.15, 0.2) is 30.3 Å². The summed E-state index contributed by atoms with van der Waals surface area (Å²) >= 11 is 0. The normalized spacial score (nSPS) is 16.5. The Balaban J connectivity index is 1.67. The summed E-state index contributed by atoms with van der Waals surface area (Å²) in [6.07, 6.45) is 1.26. The molecule has 1 aliphatic rings. The number of amides is 2. The van der Waals surface area contributed by atoms with Gasteiger partial charge < -0.3 is 20.3 Å². The number of carbonyl (C=O) groups is 2. The molecule has 132 valence electrons. The number of ether oxygens (including phenoxy) is 1. The summed E-state index contributed by atoms with van der Waals surface area (Å²) in [4.78, 5) is 25.4. The van der Waals surface area contributed by atoms with Gasteiger partial charge in [0.2, 0.25) is 5.91 Å². The van der Waals surface area contributed by atoms with Crippen molar-refractivity contribution in [3.05, 3.63) is 35.9 Å². The highest BCUT2D eigenvalue weighted by Crippen LogP contribution is 2.12. The van der Waals surface area contributed by atoms with Crippen LogP contribution < -0.4 is 10.6 Å². The van der Waals surface area contributed by atoms with E-state index in [1.54, 1.807) is 11.8 Å². The second-order valence-electron chi connectivity index (χ2n) is 6.04. The first-order chi connectivity index (χ1) is 11.6. The largest absolute Gasteiger partial charge is 0.450 e. The maximum absolute atomic E-state index is 12.1. The number of likely N-dealkylation sites (tertiary alicyclic amines) is 1. The molecular formula is C18H27N3O3. The molecule has 6 heteroatoms. The molecule has 1 atom stereocenters. The van der Waals surface area contributed by atoms with Crippen molar-refractivity contribution in [1.82, 2.24) is 15.5 Å². The van der Waals surface area contributed by atoms with Crippen molar-refractivity contribution in [3.63, 3.8) is 0 Å². The van der Waals surface area contributed by atoms with Gasteiger partial charge in [-0.25, -0.2) is 4.79 Å². The molecule has 0 aliphatic carbocycles. The Morgan fingerprint density at radius 2 is 1.92 bits per heavy atom. The van der Waals surface area contributed by atoms with Crippen LogP contribution in [-0.2, 0) is 9.53 Å². The average molecular weight is 333 g/mol. The Bertz CT molecular complexity index is 528. The van der Waals surface area contributed by atoms with E-state index in [2.05, 4.69) is 10.6 Å². The Morgan fingerprint density at radius 1 is 1.25 bits per heavy atom. The Labute approximate surface area is 143 Å². The molecule has 0 aromatic heterocycles. The lowest BCUT2D eigenvalue weighted by Crippen LogP contribution is -2.48. The van der Waals surface area contributed by atoms with Crippen LogP contribution in [0.4, 0.5) is 4.79 Å². The van der Waals surface area contributed by atoms with Gasteiger partial charge in [-0.05, 0) is 32.3 Å². The Kier molecular flexibility index (Phi) is 7.06. The number of nitrogens with one attached hydrogen (secondary N) is 2. The third-order valence-corrected chi connectivity index (χ3v) is 4.25. The molecule has 2 N–H and O–H groups in total. The zero-order chi connectivity index (χ0) is 17.4. The van der Waals surface area contributed by atoms with Gasteiger partial charge in [0, 0.05) is 25.2 Å². The van der Waals surface area contributed by atoms with Crippen molar-refractivity contribution in [2.75, 3.05) is 26.2 Å². The van der Waals surface area contributed by atoms with Gasteiger partial charge >= 0.3 is 6.09 Å². The van der Waals surface area contributed by atoms with Gasteiger partial charge in [0.25, 0.3) is 0 Å². The number of piperidine rings is 1. The third kappa shape index (κ3) is 5.53. The minimum absolute atomic E-state index is 0.00707. The summed E-state index contributed by atoms with van der Waals surface area (Å²) in [5.74, 6) is -0.00707. The number of hydrogen-bond donors (Lipinski definition) is 2. The second-order valence-corrected chi connectivity index (χ2v) is 6.04. The number of hydrogen-bond acceptors (Lipinski definition) is 4. The van der Waals surface area contributed by atoms with Gasteiger partial charge in [-0.15, -0.1) is 0 Å². The van der Waals surface area contributed by atoms with E-state index in [0.29, 0.717) is 19.7 Å². The monoisotopic (exact) mass is 333 g/mol. The lowest BCUT2D eigenvalue weighted by molar-refractivity contribution is -0.121. The van der Waals surface area contributed by atoms with Crippen LogP contribution in [0.5, 0.6) is 0 Å². The Morgan fingerprint density at radius 3 is 2.54 bits per heavy atom. The molecule has 24 heavy (non-hydrogen) atoms. The topological polar surface area (TPSA) is 70.7 Å². The van der Waals surface area contributed by atoms with E-state index in [1.807, 2.05) is 37.3 Å². The maximum atomic E-state index is 12.1. The fourth-order valence-electron chi connectivity index (χ4n) is 2.81. The van der Waals surface area contributed by atoms with E-state index in [-0.39, 0.29) is 30.6 Å². The number of carbonyl (C=O) groups excluding carboxylic acids is 2. The van der Waals surface area contributed by atoms with E-state index >= 15 is 0 Å². The number of benzene rings is 1. The van der Waals surface area contributed by atoms with Crippen molar-refractivity contribution in [2.45, 2.75) is 38.8 Å². The maximum Gasteiger partial charge on any atom is 0.409 e. The quantitative estimate of drug-likeness (QED) is 0.836. The van der Waals surface area contributed by atoms with Gasteiger partial charge in [0.1, 0.15) is 0 Å². The first kappa shape index (κ1) is 18.3. The van der Waals surface area contributed by atoms with Crippen LogP contribution in [0, 0.1) is 0 Å². The van der Waals surface area contributed by atoms with Crippen LogP contribution >= 0.6 is 0 Å². The van der Waals surface area contributed by atoms with Crippen LogP contribution in [0.2, 0.25) is 0 Å². The summed E-state index contributed by atoms with van der Waals surface area (Å²) in [5, 5.41) is 6.27. The molecule has 2 rings (SSSR count).